The third-order valence-electron chi connectivity index (χ3n) is 5.05. The van der Waals surface area contributed by atoms with Gasteiger partial charge in [-0.3, -0.25) is 9.79 Å². The molecule has 1 aliphatic heterocycles. The Morgan fingerprint density at radius 2 is 1.81 bits per heavy atom. The van der Waals surface area contributed by atoms with Crippen molar-refractivity contribution in [2.75, 3.05) is 32.8 Å². The molecule has 26 heavy (non-hydrogen) atoms. The summed E-state index contributed by atoms with van der Waals surface area (Å²) < 4.78 is 5.72. The van der Waals surface area contributed by atoms with Crippen molar-refractivity contribution in [2.45, 2.75) is 77.4 Å². The van der Waals surface area contributed by atoms with Gasteiger partial charge in [-0.05, 0) is 39.5 Å². The summed E-state index contributed by atoms with van der Waals surface area (Å²) in [6.07, 6.45) is 8.99. The maximum atomic E-state index is 12.1. The molecule has 2 aliphatic rings. The molecule has 0 bridgehead atoms. The monoisotopic (exact) mass is 480 g/mol. The molecular formula is C19H37IN4O2. The number of guanidine groups is 1. The number of nitrogens with one attached hydrogen (secondary N) is 2. The van der Waals surface area contributed by atoms with E-state index in [-0.39, 0.29) is 29.9 Å². The number of aliphatic imine (C=N–C) groups is 1. The van der Waals surface area contributed by atoms with Gasteiger partial charge in [0.15, 0.2) is 5.96 Å². The van der Waals surface area contributed by atoms with Crippen LogP contribution in [0.4, 0.5) is 0 Å². The molecule has 0 radical (unpaired) electrons. The number of likely N-dealkylation sites (tertiary alicyclic amines) is 1. The lowest BCUT2D eigenvalue weighted by atomic mass is 9.95. The van der Waals surface area contributed by atoms with Crippen molar-refractivity contribution < 1.29 is 9.53 Å². The first-order valence-corrected chi connectivity index (χ1v) is 10.2. The van der Waals surface area contributed by atoms with Crippen molar-refractivity contribution >= 4 is 35.8 Å². The summed E-state index contributed by atoms with van der Waals surface area (Å²) in [4.78, 5) is 19.1. The lowest BCUT2D eigenvalue weighted by Gasteiger charge is -2.34. The average Bonchev–Trinajstić information content (AvgIpc) is 2.63. The number of carbonyl (C=O) groups excluding carboxylic acids is 1. The molecule has 2 N–H and O–H groups in total. The van der Waals surface area contributed by atoms with Crippen LogP contribution in [0, 0.1) is 0 Å². The van der Waals surface area contributed by atoms with Gasteiger partial charge < -0.3 is 20.3 Å². The second kappa shape index (κ2) is 13.6. The Bertz CT molecular complexity index is 420. The second-order valence-electron chi connectivity index (χ2n) is 7.03. The fraction of sp³-hybridized carbons (Fsp3) is 0.895. The van der Waals surface area contributed by atoms with Crippen LogP contribution in [0.5, 0.6) is 0 Å². The van der Waals surface area contributed by atoms with E-state index in [1.165, 1.54) is 19.3 Å². The highest BCUT2D eigenvalue weighted by atomic mass is 127. The van der Waals surface area contributed by atoms with E-state index in [2.05, 4.69) is 34.4 Å². The van der Waals surface area contributed by atoms with E-state index in [1.807, 2.05) is 0 Å². The fourth-order valence-electron chi connectivity index (χ4n) is 3.71. The molecule has 1 saturated carbocycles. The number of piperidine rings is 1. The Balaban J connectivity index is 0.00000338. The minimum atomic E-state index is 0. The molecule has 2 fully saturated rings. The van der Waals surface area contributed by atoms with Crippen LogP contribution in [0.15, 0.2) is 4.99 Å². The number of ether oxygens (including phenoxy) is 1. The first-order chi connectivity index (χ1) is 12.2. The molecule has 2 rings (SSSR count). The van der Waals surface area contributed by atoms with Crippen LogP contribution in [-0.2, 0) is 9.53 Å². The smallest absolute Gasteiger partial charge is 0.222 e. The third-order valence-corrected chi connectivity index (χ3v) is 5.05. The first-order valence-electron chi connectivity index (χ1n) is 10.2. The van der Waals surface area contributed by atoms with Gasteiger partial charge in [0.2, 0.25) is 5.91 Å². The van der Waals surface area contributed by atoms with Crippen molar-refractivity contribution in [1.29, 1.82) is 0 Å². The van der Waals surface area contributed by atoms with Crippen LogP contribution in [0.1, 0.15) is 65.2 Å². The average molecular weight is 480 g/mol. The van der Waals surface area contributed by atoms with E-state index >= 15 is 0 Å². The summed E-state index contributed by atoms with van der Waals surface area (Å²) in [6.45, 7) is 8.24. The molecule has 1 amide bonds. The Morgan fingerprint density at radius 3 is 2.42 bits per heavy atom. The number of hydrogen-bond donors (Lipinski definition) is 2. The van der Waals surface area contributed by atoms with E-state index in [1.54, 1.807) is 0 Å². The predicted molar refractivity (Wildman–Crippen MR) is 117 cm³/mol. The van der Waals surface area contributed by atoms with Crippen LogP contribution in [0.3, 0.4) is 0 Å². The van der Waals surface area contributed by atoms with Crippen LogP contribution in [0.25, 0.3) is 0 Å². The second-order valence-corrected chi connectivity index (χ2v) is 7.03. The Morgan fingerprint density at radius 1 is 1.12 bits per heavy atom. The predicted octanol–water partition coefficient (Wildman–Crippen LogP) is 2.91. The molecule has 0 atom stereocenters. The first kappa shape index (κ1) is 23.5. The molecule has 0 aromatic rings. The third kappa shape index (κ3) is 8.41. The zero-order valence-corrected chi connectivity index (χ0v) is 18.8. The molecule has 1 heterocycles. The van der Waals surface area contributed by atoms with Gasteiger partial charge in [-0.15, -0.1) is 24.0 Å². The van der Waals surface area contributed by atoms with Gasteiger partial charge >= 0.3 is 0 Å². The molecule has 0 aromatic heterocycles. The molecule has 1 saturated heterocycles. The van der Waals surface area contributed by atoms with Gasteiger partial charge in [-0.1, -0.05) is 19.3 Å². The minimum absolute atomic E-state index is 0. The molecule has 0 aromatic carbocycles. The van der Waals surface area contributed by atoms with Crippen LogP contribution >= 0.6 is 24.0 Å². The Kier molecular flexibility index (Phi) is 12.3. The highest BCUT2D eigenvalue weighted by Crippen LogP contribution is 2.17. The summed E-state index contributed by atoms with van der Waals surface area (Å²) in [6, 6.07) is 0.385. The van der Waals surface area contributed by atoms with E-state index in [0.29, 0.717) is 25.1 Å². The molecule has 1 aliphatic carbocycles. The van der Waals surface area contributed by atoms with Gasteiger partial charge in [0.05, 0.1) is 12.6 Å². The highest BCUT2D eigenvalue weighted by molar-refractivity contribution is 14.0. The molecule has 0 spiro atoms. The van der Waals surface area contributed by atoms with Gasteiger partial charge in [0.25, 0.3) is 0 Å². The van der Waals surface area contributed by atoms with E-state index in [9.17, 15) is 4.79 Å². The summed E-state index contributed by atoms with van der Waals surface area (Å²) in [5.41, 5.74) is 0. The molecular weight excluding hydrogens is 443 g/mol. The Hall–Kier alpha value is -0.570. The SMILES string of the molecule is CCNC(=NCCC(=O)NC1CCCCC1)N1CCC(OCC)CC1.I. The van der Waals surface area contributed by atoms with Crippen molar-refractivity contribution in [3.8, 4) is 0 Å². The summed E-state index contributed by atoms with van der Waals surface area (Å²) in [5, 5.41) is 6.52. The van der Waals surface area contributed by atoms with Crippen molar-refractivity contribution in [1.82, 2.24) is 15.5 Å². The number of hydrogen-bond acceptors (Lipinski definition) is 3. The van der Waals surface area contributed by atoms with Gasteiger partial charge in [0, 0.05) is 38.7 Å². The topological polar surface area (TPSA) is 66.0 Å². The largest absolute Gasteiger partial charge is 0.378 e. The van der Waals surface area contributed by atoms with Crippen molar-refractivity contribution in [2.24, 2.45) is 4.99 Å². The number of nitrogens with zero attached hydrogens (tertiary/aromatic N) is 2. The van der Waals surface area contributed by atoms with Gasteiger partial charge in [-0.25, -0.2) is 0 Å². The van der Waals surface area contributed by atoms with Crippen molar-refractivity contribution in [3.63, 3.8) is 0 Å². The van der Waals surface area contributed by atoms with E-state index in [0.717, 1.165) is 57.9 Å². The standard InChI is InChI=1S/C19H36N4O2.HI/c1-3-20-19(23-14-11-17(12-15-23)25-4-2)21-13-10-18(24)22-16-8-6-5-7-9-16;/h16-17H,3-15H2,1-2H3,(H,20,21)(H,22,24);1H. The van der Waals surface area contributed by atoms with Crippen molar-refractivity contribution in [3.05, 3.63) is 0 Å². The summed E-state index contributed by atoms with van der Waals surface area (Å²) >= 11 is 0. The number of halogens is 1. The quantitative estimate of drug-likeness (QED) is 0.334. The van der Waals surface area contributed by atoms with E-state index < -0.39 is 0 Å². The van der Waals surface area contributed by atoms with Crippen LogP contribution < -0.4 is 10.6 Å². The Labute approximate surface area is 175 Å². The van der Waals surface area contributed by atoms with Gasteiger partial charge in [-0.2, -0.15) is 0 Å². The van der Waals surface area contributed by atoms with E-state index in [4.69, 9.17) is 4.74 Å². The minimum Gasteiger partial charge on any atom is -0.378 e. The molecule has 7 heteroatoms. The summed E-state index contributed by atoms with van der Waals surface area (Å²) in [5.74, 6) is 1.07. The molecule has 6 nitrogen and oxygen atoms in total. The molecule has 152 valence electrons. The lowest BCUT2D eigenvalue weighted by molar-refractivity contribution is -0.121. The van der Waals surface area contributed by atoms with Crippen LogP contribution in [0.2, 0.25) is 0 Å². The van der Waals surface area contributed by atoms with Crippen LogP contribution in [-0.4, -0.2) is 61.7 Å². The molecule has 0 unspecified atom stereocenters. The summed E-state index contributed by atoms with van der Waals surface area (Å²) in [7, 11) is 0. The number of rotatable bonds is 7. The fourth-order valence-corrected chi connectivity index (χ4v) is 3.71. The maximum absolute atomic E-state index is 12.1. The zero-order valence-electron chi connectivity index (χ0n) is 16.5. The van der Waals surface area contributed by atoms with Gasteiger partial charge in [0.1, 0.15) is 0 Å². The number of carbonyl (C=O) groups is 1. The normalized spacial score (nSPS) is 19.8. The lowest BCUT2D eigenvalue weighted by Crippen LogP contribution is -2.47. The maximum Gasteiger partial charge on any atom is 0.222 e. The highest BCUT2D eigenvalue weighted by Gasteiger charge is 2.21. The number of amides is 1. The zero-order chi connectivity index (χ0) is 17.9.